The Bertz CT molecular complexity index is 1070. The van der Waals surface area contributed by atoms with E-state index >= 15 is 0 Å². The van der Waals surface area contributed by atoms with Crippen LogP contribution in [0.3, 0.4) is 0 Å². The molecule has 0 saturated carbocycles. The van der Waals surface area contributed by atoms with Crippen molar-refractivity contribution >= 4 is 6.03 Å². The molecule has 2 saturated heterocycles. The molecule has 1 aromatic carbocycles. The zero-order chi connectivity index (χ0) is 22.9. The van der Waals surface area contributed by atoms with Gasteiger partial charge in [-0.25, -0.2) is 4.79 Å². The van der Waals surface area contributed by atoms with Crippen LogP contribution >= 0.6 is 0 Å². The number of piperidine rings is 1. The Morgan fingerprint density at radius 3 is 2.64 bits per heavy atom. The lowest BCUT2D eigenvalue weighted by Crippen LogP contribution is -2.53. The Labute approximate surface area is 195 Å². The Balaban J connectivity index is 1.43. The Kier molecular flexibility index (Phi) is 6.25. The van der Waals surface area contributed by atoms with Gasteiger partial charge in [0.1, 0.15) is 0 Å². The molecule has 2 amide bonds. The third-order valence-corrected chi connectivity index (χ3v) is 7.11. The molecular weight excluding hydrogens is 416 g/mol. The standard InChI is InChI=1S/C26H34N4O3/c1-18(2)27-26(32)29-14-19-13-21(17-29)24-8-7-23(25(31)30(24)15-19)22-6-4-3-5-20(22)16-28-9-11-33-12-10-28/h3-8,18-19,21H,9-17H2,1-2H3,(H,27,32)/t19-,21+/m0/s1. The van der Waals surface area contributed by atoms with Crippen LogP contribution in [-0.4, -0.2) is 65.8 Å². The Morgan fingerprint density at radius 2 is 1.85 bits per heavy atom. The van der Waals surface area contributed by atoms with E-state index < -0.39 is 0 Å². The molecule has 2 fully saturated rings. The van der Waals surface area contributed by atoms with Gasteiger partial charge in [-0.2, -0.15) is 0 Å². The minimum atomic E-state index is 0.00385. The molecule has 2 aromatic rings. The molecule has 1 N–H and O–H groups in total. The number of urea groups is 1. The van der Waals surface area contributed by atoms with Crippen molar-refractivity contribution in [2.24, 2.45) is 5.92 Å². The van der Waals surface area contributed by atoms with Crippen molar-refractivity contribution in [1.29, 1.82) is 0 Å². The van der Waals surface area contributed by atoms with E-state index in [1.165, 1.54) is 5.56 Å². The highest BCUT2D eigenvalue weighted by Crippen LogP contribution is 2.36. The maximum Gasteiger partial charge on any atom is 0.317 e. The van der Waals surface area contributed by atoms with Crippen LogP contribution < -0.4 is 10.9 Å². The number of ether oxygens (including phenoxy) is 1. The minimum absolute atomic E-state index is 0.00385. The number of hydrogen-bond donors (Lipinski definition) is 1. The van der Waals surface area contributed by atoms with Crippen molar-refractivity contribution < 1.29 is 9.53 Å². The lowest BCUT2D eigenvalue weighted by molar-refractivity contribution is 0.0342. The summed E-state index contributed by atoms with van der Waals surface area (Å²) in [4.78, 5) is 30.6. The van der Waals surface area contributed by atoms with Crippen LogP contribution in [0, 0.1) is 5.92 Å². The van der Waals surface area contributed by atoms with Gasteiger partial charge < -0.3 is 19.5 Å². The van der Waals surface area contributed by atoms with Crippen molar-refractivity contribution in [2.45, 2.75) is 45.3 Å². The highest BCUT2D eigenvalue weighted by molar-refractivity contribution is 5.74. The summed E-state index contributed by atoms with van der Waals surface area (Å²) in [5, 5.41) is 3.01. The van der Waals surface area contributed by atoms with Crippen LogP contribution in [0.25, 0.3) is 11.1 Å². The first-order valence-corrected chi connectivity index (χ1v) is 12.2. The smallest absolute Gasteiger partial charge is 0.317 e. The SMILES string of the molecule is CC(C)NC(=O)N1C[C@@H]2C[C@H](C1)c1ccc(-c3ccccc3CN3CCOCC3)c(=O)n1C2. The fourth-order valence-corrected chi connectivity index (χ4v) is 5.58. The van der Waals surface area contributed by atoms with E-state index in [4.69, 9.17) is 4.74 Å². The predicted molar refractivity (Wildman–Crippen MR) is 128 cm³/mol. The number of likely N-dealkylation sites (tertiary alicyclic amines) is 1. The number of fused-ring (bicyclic) bond motifs is 4. The number of carbonyl (C=O) groups excluding carboxylic acids is 1. The number of rotatable bonds is 4. The van der Waals surface area contributed by atoms with Crippen molar-refractivity contribution in [3.8, 4) is 11.1 Å². The third-order valence-electron chi connectivity index (χ3n) is 7.11. The maximum absolute atomic E-state index is 13.7. The van der Waals surface area contributed by atoms with Gasteiger partial charge in [0.25, 0.3) is 5.56 Å². The van der Waals surface area contributed by atoms with Gasteiger partial charge in [-0.05, 0) is 49.4 Å². The third kappa shape index (κ3) is 4.57. The average molecular weight is 451 g/mol. The van der Waals surface area contributed by atoms with Gasteiger partial charge in [-0.3, -0.25) is 9.69 Å². The summed E-state index contributed by atoms with van der Waals surface area (Å²) in [6.45, 7) is 10.2. The van der Waals surface area contributed by atoms with Crippen LogP contribution in [0.1, 0.15) is 37.4 Å². The fourth-order valence-electron chi connectivity index (χ4n) is 5.58. The van der Waals surface area contributed by atoms with Crippen LogP contribution in [0.5, 0.6) is 0 Å². The first kappa shape index (κ1) is 22.2. The van der Waals surface area contributed by atoms with Gasteiger partial charge in [0.2, 0.25) is 0 Å². The summed E-state index contributed by atoms with van der Waals surface area (Å²) in [6.07, 6.45) is 1.04. The second kappa shape index (κ2) is 9.31. The fraction of sp³-hybridized carbons (Fsp3) is 0.538. The van der Waals surface area contributed by atoms with Gasteiger partial charge in [0.15, 0.2) is 0 Å². The molecule has 7 heteroatoms. The molecule has 0 unspecified atom stereocenters. The van der Waals surface area contributed by atoms with Gasteiger partial charge in [0.05, 0.1) is 13.2 Å². The van der Waals surface area contributed by atoms with Crippen LogP contribution in [0.15, 0.2) is 41.2 Å². The van der Waals surface area contributed by atoms with Gasteiger partial charge in [-0.1, -0.05) is 24.3 Å². The molecule has 7 nitrogen and oxygen atoms in total. The van der Waals surface area contributed by atoms with Crippen LogP contribution in [-0.2, 0) is 17.8 Å². The molecule has 3 aliphatic rings. The number of pyridine rings is 1. The summed E-state index contributed by atoms with van der Waals surface area (Å²) in [7, 11) is 0. The predicted octanol–water partition coefficient (Wildman–Crippen LogP) is 2.88. The molecular formula is C26H34N4O3. The van der Waals surface area contributed by atoms with Gasteiger partial charge in [0, 0.05) is 62.5 Å². The van der Waals surface area contributed by atoms with E-state index in [0.29, 0.717) is 25.6 Å². The lowest BCUT2D eigenvalue weighted by atomic mass is 9.83. The number of nitrogens with zero attached hydrogens (tertiary/aromatic N) is 3. The molecule has 0 spiro atoms. The van der Waals surface area contributed by atoms with Crippen molar-refractivity contribution in [2.75, 3.05) is 39.4 Å². The number of amides is 2. The number of aromatic nitrogens is 1. The van der Waals surface area contributed by atoms with E-state index in [0.717, 1.165) is 56.1 Å². The molecule has 3 aliphatic heterocycles. The van der Waals surface area contributed by atoms with E-state index in [1.54, 1.807) is 0 Å². The van der Waals surface area contributed by atoms with E-state index in [1.807, 2.05) is 35.4 Å². The molecule has 5 rings (SSSR count). The molecule has 33 heavy (non-hydrogen) atoms. The minimum Gasteiger partial charge on any atom is -0.379 e. The number of morpholine rings is 1. The zero-order valence-electron chi connectivity index (χ0n) is 19.6. The second-order valence-corrected chi connectivity index (χ2v) is 9.94. The Hall–Kier alpha value is -2.64. The van der Waals surface area contributed by atoms with E-state index in [-0.39, 0.29) is 23.6 Å². The highest BCUT2D eigenvalue weighted by atomic mass is 16.5. The Morgan fingerprint density at radius 1 is 1.06 bits per heavy atom. The first-order valence-electron chi connectivity index (χ1n) is 12.2. The monoisotopic (exact) mass is 450 g/mol. The van der Waals surface area contributed by atoms with Crippen molar-refractivity contribution in [3.05, 3.63) is 58.0 Å². The lowest BCUT2D eigenvalue weighted by Gasteiger charge is -2.43. The largest absolute Gasteiger partial charge is 0.379 e. The quantitative estimate of drug-likeness (QED) is 0.778. The van der Waals surface area contributed by atoms with E-state index in [2.05, 4.69) is 34.5 Å². The van der Waals surface area contributed by atoms with Crippen molar-refractivity contribution in [3.63, 3.8) is 0 Å². The second-order valence-electron chi connectivity index (χ2n) is 9.94. The number of hydrogen-bond acceptors (Lipinski definition) is 4. The average Bonchev–Trinajstić information content (AvgIpc) is 2.80. The summed E-state index contributed by atoms with van der Waals surface area (Å²) in [6, 6.07) is 12.5. The zero-order valence-corrected chi connectivity index (χ0v) is 19.6. The number of carbonyl (C=O) groups is 1. The maximum atomic E-state index is 13.7. The topological polar surface area (TPSA) is 66.8 Å². The molecule has 2 atom stereocenters. The summed E-state index contributed by atoms with van der Waals surface area (Å²) in [5.74, 6) is 0.520. The highest BCUT2D eigenvalue weighted by Gasteiger charge is 2.37. The molecule has 176 valence electrons. The molecule has 4 heterocycles. The first-order chi connectivity index (χ1) is 16.0. The van der Waals surface area contributed by atoms with Gasteiger partial charge in [-0.15, -0.1) is 0 Å². The summed E-state index contributed by atoms with van der Waals surface area (Å²) >= 11 is 0. The molecule has 1 aromatic heterocycles. The van der Waals surface area contributed by atoms with Crippen molar-refractivity contribution in [1.82, 2.24) is 19.7 Å². The molecule has 2 bridgehead atoms. The summed E-state index contributed by atoms with van der Waals surface area (Å²) in [5.41, 5.74) is 4.14. The number of nitrogens with one attached hydrogen (secondary N) is 1. The normalized spacial score (nSPS) is 22.8. The summed E-state index contributed by atoms with van der Waals surface area (Å²) < 4.78 is 7.47. The van der Waals surface area contributed by atoms with Gasteiger partial charge >= 0.3 is 6.03 Å². The molecule has 0 aliphatic carbocycles. The van der Waals surface area contributed by atoms with Crippen LogP contribution in [0.4, 0.5) is 4.79 Å². The molecule has 0 radical (unpaired) electrons. The number of benzene rings is 1. The van der Waals surface area contributed by atoms with Crippen LogP contribution in [0.2, 0.25) is 0 Å². The van der Waals surface area contributed by atoms with E-state index in [9.17, 15) is 9.59 Å².